The first-order valence-electron chi connectivity index (χ1n) is 10.0. The SMILES string of the molecule is N#Cc1ccc(CNC(=O)c2cccc3ccc(NS(=O)(=O)c4cc(Cl)ccc4Cl)cc23)cc1. The summed E-state index contributed by atoms with van der Waals surface area (Å²) in [5, 5.41) is 13.4. The lowest BCUT2D eigenvalue weighted by Crippen LogP contribution is -2.23. The van der Waals surface area contributed by atoms with Gasteiger partial charge in [0.25, 0.3) is 15.9 Å². The molecule has 4 rings (SSSR count). The van der Waals surface area contributed by atoms with Crippen molar-refractivity contribution in [3.05, 3.63) is 106 Å². The minimum atomic E-state index is -4.01. The van der Waals surface area contributed by atoms with Gasteiger partial charge in [-0.15, -0.1) is 0 Å². The highest BCUT2D eigenvalue weighted by Gasteiger charge is 2.19. The second kappa shape index (κ2) is 9.74. The van der Waals surface area contributed by atoms with E-state index in [2.05, 4.69) is 16.1 Å². The molecule has 4 aromatic carbocycles. The van der Waals surface area contributed by atoms with Crippen LogP contribution < -0.4 is 10.0 Å². The average Bonchev–Trinajstić information content (AvgIpc) is 2.83. The largest absolute Gasteiger partial charge is 0.348 e. The zero-order valence-corrected chi connectivity index (χ0v) is 19.9. The van der Waals surface area contributed by atoms with Gasteiger partial charge in [-0.1, -0.05) is 53.5 Å². The summed E-state index contributed by atoms with van der Waals surface area (Å²) in [5.41, 5.74) is 2.06. The molecule has 0 aliphatic carbocycles. The summed E-state index contributed by atoms with van der Waals surface area (Å²) in [5.74, 6) is -0.312. The number of nitrogens with one attached hydrogen (secondary N) is 2. The summed E-state index contributed by atoms with van der Waals surface area (Å²) < 4.78 is 28.3. The molecule has 9 heteroatoms. The number of amides is 1. The Morgan fingerprint density at radius 3 is 2.44 bits per heavy atom. The van der Waals surface area contributed by atoms with Gasteiger partial charge in [0.15, 0.2) is 0 Å². The molecule has 0 saturated heterocycles. The topological polar surface area (TPSA) is 99.1 Å². The number of carbonyl (C=O) groups is 1. The number of anilines is 1. The molecule has 1 amide bonds. The molecule has 0 fully saturated rings. The first-order valence-corrected chi connectivity index (χ1v) is 12.3. The fourth-order valence-electron chi connectivity index (χ4n) is 3.40. The Balaban J connectivity index is 1.60. The number of carbonyl (C=O) groups excluding carboxylic acids is 1. The Hall–Kier alpha value is -3.57. The Labute approximate surface area is 206 Å². The van der Waals surface area contributed by atoms with Crippen molar-refractivity contribution in [1.82, 2.24) is 5.32 Å². The van der Waals surface area contributed by atoms with Crippen molar-refractivity contribution in [1.29, 1.82) is 5.26 Å². The molecular weight excluding hydrogens is 493 g/mol. The molecule has 0 heterocycles. The highest BCUT2D eigenvalue weighted by molar-refractivity contribution is 7.92. The zero-order valence-electron chi connectivity index (χ0n) is 17.5. The number of nitrogens with zero attached hydrogens (tertiary/aromatic N) is 1. The Morgan fingerprint density at radius 1 is 0.941 bits per heavy atom. The second-order valence-electron chi connectivity index (χ2n) is 7.41. The first kappa shape index (κ1) is 23.6. The molecule has 0 saturated carbocycles. The van der Waals surface area contributed by atoms with E-state index in [-0.39, 0.29) is 33.1 Å². The summed E-state index contributed by atoms with van der Waals surface area (Å²) in [4.78, 5) is 12.8. The number of benzene rings is 4. The van der Waals surface area contributed by atoms with Gasteiger partial charge in [0.05, 0.1) is 16.7 Å². The van der Waals surface area contributed by atoms with Crippen molar-refractivity contribution in [2.45, 2.75) is 11.4 Å². The molecule has 0 spiro atoms. The number of fused-ring (bicyclic) bond motifs is 1. The normalized spacial score (nSPS) is 11.1. The van der Waals surface area contributed by atoms with E-state index in [1.807, 2.05) is 6.07 Å². The Kier molecular flexibility index (Phi) is 6.75. The van der Waals surface area contributed by atoms with Crippen molar-refractivity contribution >= 4 is 55.6 Å². The maximum Gasteiger partial charge on any atom is 0.263 e. The molecule has 6 nitrogen and oxygen atoms in total. The molecule has 0 atom stereocenters. The van der Waals surface area contributed by atoms with Crippen LogP contribution in [0.3, 0.4) is 0 Å². The summed E-state index contributed by atoms with van der Waals surface area (Å²) in [7, 11) is -4.01. The first-order chi connectivity index (χ1) is 16.3. The number of hydrogen-bond acceptors (Lipinski definition) is 4. The number of rotatable bonds is 6. The fraction of sp³-hybridized carbons (Fsp3) is 0.0400. The summed E-state index contributed by atoms with van der Waals surface area (Å²) >= 11 is 12.0. The van der Waals surface area contributed by atoms with E-state index in [1.165, 1.54) is 18.2 Å². The van der Waals surface area contributed by atoms with Crippen LogP contribution in [0.1, 0.15) is 21.5 Å². The quantitative estimate of drug-likeness (QED) is 0.345. The molecule has 4 aromatic rings. The minimum Gasteiger partial charge on any atom is -0.348 e. The number of nitriles is 1. The van der Waals surface area contributed by atoms with Crippen molar-refractivity contribution < 1.29 is 13.2 Å². The van der Waals surface area contributed by atoms with Gasteiger partial charge in [0.1, 0.15) is 4.90 Å². The number of halogens is 2. The molecule has 0 bridgehead atoms. The second-order valence-corrected chi connectivity index (χ2v) is 9.91. The maximum absolute atomic E-state index is 12.9. The zero-order chi connectivity index (χ0) is 24.3. The lowest BCUT2D eigenvalue weighted by atomic mass is 10.0. The maximum atomic E-state index is 12.9. The van der Waals surface area contributed by atoms with Crippen molar-refractivity contribution in [3.8, 4) is 6.07 Å². The van der Waals surface area contributed by atoms with Gasteiger partial charge in [0, 0.05) is 22.8 Å². The molecule has 0 aliphatic heterocycles. The third-order valence-electron chi connectivity index (χ3n) is 5.10. The van der Waals surface area contributed by atoms with Crippen LogP contribution in [0, 0.1) is 11.3 Å². The molecule has 0 unspecified atom stereocenters. The van der Waals surface area contributed by atoms with Crippen LogP contribution in [-0.2, 0) is 16.6 Å². The lowest BCUT2D eigenvalue weighted by molar-refractivity contribution is 0.0952. The van der Waals surface area contributed by atoms with Crippen molar-refractivity contribution in [3.63, 3.8) is 0 Å². The molecule has 0 aliphatic rings. The van der Waals surface area contributed by atoms with Crippen LogP contribution in [0.25, 0.3) is 10.8 Å². The van der Waals surface area contributed by atoms with E-state index in [0.29, 0.717) is 16.5 Å². The van der Waals surface area contributed by atoms with Crippen molar-refractivity contribution in [2.75, 3.05) is 4.72 Å². The van der Waals surface area contributed by atoms with E-state index < -0.39 is 10.0 Å². The highest BCUT2D eigenvalue weighted by atomic mass is 35.5. The van der Waals surface area contributed by atoms with Gasteiger partial charge >= 0.3 is 0 Å². The molecule has 0 radical (unpaired) electrons. The average molecular weight is 510 g/mol. The van der Waals surface area contributed by atoms with Crippen LogP contribution in [0.5, 0.6) is 0 Å². The van der Waals surface area contributed by atoms with E-state index in [4.69, 9.17) is 28.5 Å². The van der Waals surface area contributed by atoms with E-state index in [9.17, 15) is 13.2 Å². The summed E-state index contributed by atoms with van der Waals surface area (Å²) in [6.07, 6.45) is 0. The third kappa shape index (κ3) is 5.15. The van der Waals surface area contributed by atoms with Crippen LogP contribution >= 0.6 is 23.2 Å². The van der Waals surface area contributed by atoms with E-state index in [1.54, 1.807) is 54.6 Å². The molecular formula is C25H17Cl2N3O3S. The van der Waals surface area contributed by atoms with Gasteiger partial charge < -0.3 is 5.32 Å². The predicted octanol–water partition coefficient (Wildman–Crippen LogP) is 5.75. The summed E-state index contributed by atoms with van der Waals surface area (Å²) in [6.45, 7) is 0.278. The lowest BCUT2D eigenvalue weighted by Gasteiger charge is -2.12. The number of hydrogen-bond donors (Lipinski definition) is 2. The third-order valence-corrected chi connectivity index (χ3v) is 7.20. The van der Waals surface area contributed by atoms with Gasteiger partial charge in [-0.3, -0.25) is 9.52 Å². The van der Waals surface area contributed by atoms with E-state index >= 15 is 0 Å². The molecule has 170 valence electrons. The standard InChI is InChI=1S/C25H17Cl2N3O3S/c26-19-9-11-23(27)24(12-19)34(32,33)30-20-10-8-18-2-1-3-21(22(18)13-20)25(31)29-15-17-6-4-16(14-28)5-7-17/h1-13,30H,15H2,(H,29,31). The van der Waals surface area contributed by atoms with Gasteiger partial charge in [-0.25, -0.2) is 8.42 Å². The van der Waals surface area contributed by atoms with Crippen molar-refractivity contribution in [2.24, 2.45) is 0 Å². The van der Waals surface area contributed by atoms with Gasteiger partial charge in [0.2, 0.25) is 0 Å². The number of sulfonamides is 1. The Morgan fingerprint density at radius 2 is 1.71 bits per heavy atom. The highest BCUT2D eigenvalue weighted by Crippen LogP contribution is 2.29. The summed E-state index contributed by atoms with van der Waals surface area (Å²) in [6, 6.07) is 23.3. The monoisotopic (exact) mass is 509 g/mol. The molecule has 0 aromatic heterocycles. The van der Waals surface area contributed by atoms with Gasteiger partial charge in [-0.05, 0) is 64.9 Å². The van der Waals surface area contributed by atoms with Crippen LogP contribution in [0.2, 0.25) is 10.0 Å². The van der Waals surface area contributed by atoms with Gasteiger partial charge in [-0.2, -0.15) is 5.26 Å². The minimum absolute atomic E-state index is 0.0422. The molecule has 2 N–H and O–H groups in total. The molecule has 34 heavy (non-hydrogen) atoms. The van der Waals surface area contributed by atoms with E-state index in [0.717, 1.165) is 10.9 Å². The predicted molar refractivity (Wildman–Crippen MR) is 134 cm³/mol. The fourth-order valence-corrected chi connectivity index (χ4v) is 5.22. The van der Waals surface area contributed by atoms with Crippen LogP contribution in [0.15, 0.2) is 83.8 Å². The Bertz CT molecular complexity index is 1550. The van der Waals surface area contributed by atoms with Crippen LogP contribution in [0.4, 0.5) is 5.69 Å². The smallest absolute Gasteiger partial charge is 0.263 e. The van der Waals surface area contributed by atoms with Crippen LogP contribution in [-0.4, -0.2) is 14.3 Å².